The highest BCUT2D eigenvalue weighted by atomic mass is 35.5. The maximum Gasteiger partial charge on any atom is 0.0406 e. The van der Waals surface area contributed by atoms with Crippen LogP contribution in [0.15, 0.2) is 48.5 Å². The molecule has 0 aromatic heterocycles. The van der Waals surface area contributed by atoms with E-state index in [9.17, 15) is 0 Å². The Morgan fingerprint density at radius 2 is 1.33 bits per heavy atom. The first-order chi connectivity index (χ1) is 8.74. The number of halogens is 2. The molecule has 1 radical (unpaired) electrons. The molecular formula is C16H13Cl2. The van der Waals surface area contributed by atoms with Gasteiger partial charge in [0.15, 0.2) is 0 Å². The first-order valence-corrected chi connectivity index (χ1v) is 6.87. The highest BCUT2D eigenvalue weighted by Crippen LogP contribution is 2.48. The van der Waals surface area contributed by atoms with Gasteiger partial charge >= 0.3 is 0 Å². The zero-order valence-corrected chi connectivity index (χ0v) is 11.4. The van der Waals surface area contributed by atoms with Crippen LogP contribution in [0.2, 0.25) is 10.0 Å². The molecule has 0 spiro atoms. The summed E-state index contributed by atoms with van der Waals surface area (Å²) in [6, 6.07) is 16.3. The Labute approximate surface area is 118 Å². The van der Waals surface area contributed by atoms with Crippen molar-refractivity contribution in [2.24, 2.45) is 0 Å². The molecule has 0 bridgehead atoms. The lowest BCUT2D eigenvalue weighted by Crippen LogP contribution is -2.22. The second-order valence-corrected chi connectivity index (χ2v) is 5.55. The lowest BCUT2D eigenvalue weighted by Gasteiger charge is -2.37. The van der Waals surface area contributed by atoms with Gasteiger partial charge in [-0.05, 0) is 54.2 Å². The molecular weight excluding hydrogens is 263 g/mol. The summed E-state index contributed by atoms with van der Waals surface area (Å²) in [5, 5.41) is 1.59. The predicted molar refractivity (Wildman–Crippen MR) is 77.2 cm³/mol. The fraction of sp³-hybridized carbons (Fsp3) is 0.188. The van der Waals surface area contributed by atoms with Gasteiger partial charge < -0.3 is 0 Å². The van der Waals surface area contributed by atoms with E-state index in [1.54, 1.807) is 0 Å². The highest BCUT2D eigenvalue weighted by Gasteiger charge is 2.33. The van der Waals surface area contributed by atoms with Crippen molar-refractivity contribution in [1.29, 1.82) is 0 Å². The third-order valence-electron chi connectivity index (χ3n) is 3.61. The third-order valence-corrected chi connectivity index (χ3v) is 4.11. The smallest absolute Gasteiger partial charge is 0.0406 e. The highest BCUT2D eigenvalue weighted by molar-refractivity contribution is 6.30. The summed E-state index contributed by atoms with van der Waals surface area (Å²) >= 11 is 11.9. The maximum absolute atomic E-state index is 5.93. The van der Waals surface area contributed by atoms with Crippen molar-refractivity contribution in [1.82, 2.24) is 0 Å². The van der Waals surface area contributed by atoms with Crippen LogP contribution in [-0.4, -0.2) is 0 Å². The van der Waals surface area contributed by atoms with Crippen LogP contribution in [0.25, 0.3) is 0 Å². The third kappa shape index (κ3) is 2.28. The van der Waals surface area contributed by atoms with E-state index < -0.39 is 0 Å². The molecule has 1 unspecified atom stereocenters. The van der Waals surface area contributed by atoms with Gasteiger partial charge in [0, 0.05) is 16.0 Å². The Morgan fingerprint density at radius 1 is 0.778 bits per heavy atom. The van der Waals surface area contributed by atoms with Gasteiger partial charge in [0.2, 0.25) is 0 Å². The van der Waals surface area contributed by atoms with E-state index in [4.69, 9.17) is 23.2 Å². The minimum absolute atomic E-state index is 0.545. The van der Waals surface area contributed by atoms with Crippen molar-refractivity contribution in [2.75, 3.05) is 0 Å². The molecule has 2 heteroatoms. The molecule has 3 rings (SSSR count). The van der Waals surface area contributed by atoms with E-state index in [-0.39, 0.29) is 0 Å². The van der Waals surface area contributed by atoms with Crippen molar-refractivity contribution >= 4 is 23.2 Å². The van der Waals surface area contributed by atoms with Crippen molar-refractivity contribution in [3.05, 3.63) is 75.6 Å². The van der Waals surface area contributed by atoms with Crippen LogP contribution in [0.3, 0.4) is 0 Å². The van der Waals surface area contributed by atoms with Crippen LogP contribution in [-0.2, 0) is 0 Å². The van der Waals surface area contributed by atoms with Crippen molar-refractivity contribution in [2.45, 2.75) is 18.8 Å². The first-order valence-electron chi connectivity index (χ1n) is 6.11. The molecule has 0 N–H and O–H groups in total. The zero-order chi connectivity index (χ0) is 12.5. The summed E-state index contributed by atoms with van der Waals surface area (Å²) in [6.07, 6.45) is 2.40. The molecule has 0 amide bonds. The van der Waals surface area contributed by atoms with Crippen LogP contribution < -0.4 is 0 Å². The van der Waals surface area contributed by atoms with E-state index in [1.807, 2.05) is 24.3 Å². The largest absolute Gasteiger partial charge is 0.0843 e. The van der Waals surface area contributed by atoms with Gasteiger partial charge in [-0.1, -0.05) is 47.5 Å². The molecule has 0 nitrogen and oxygen atoms in total. The minimum atomic E-state index is 0.545. The van der Waals surface area contributed by atoms with Crippen LogP contribution >= 0.6 is 23.2 Å². The topological polar surface area (TPSA) is 0 Å². The van der Waals surface area contributed by atoms with Crippen LogP contribution in [0.5, 0.6) is 0 Å². The number of benzene rings is 2. The standard InChI is InChI=1S/C16H13Cl2/c17-13-5-1-11(2-6-13)15-9-10-16(15)12-3-7-14(18)8-4-12/h1-8,15H,9-10H2. The molecule has 2 aromatic carbocycles. The molecule has 0 heterocycles. The lowest BCUT2D eigenvalue weighted by atomic mass is 9.67. The average Bonchev–Trinajstić information content (AvgIpc) is 2.33. The molecule has 1 atom stereocenters. The van der Waals surface area contributed by atoms with Gasteiger partial charge in [-0.15, -0.1) is 0 Å². The summed E-state index contributed by atoms with van der Waals surface area (Å²) in [5.41, 5.74) is 2.67. The SMILES string of the molecule is Clc1ccc([C]2CCC2c2ccc(Cl)cc2)cc1. The normalized spacial score (nSPS) is 19.6. The molecule has 2 aromatic rings. The van der Waals surface area contributed by atoms with Crippen LogP contribution in [0.4, 0.5) is 0 Å². The molecule has 91 valence electrons. The van der Waals surface area contributed by atoms with E-state index in [1.165, 1.54) is 29.9 Å². The Morgan fingerprint density at radius 3 is 1.83 bits per heavy atom. The quantitative estimate of drug-likeness (QED) is 0.680. The predicted octanol–water partition coefficient (Wildman–Crippen LogP) is 5.49. The van der Waals surface area contributed by atoms with Gasteiger partial charge in [-0.3, -0.25) is 0 Å². The van der Waals surface area contributed by atoms with Gasteiger partial charge in [0.1, 0.15) is 0 Å². The summed E-state index contributed by atoms with van der Waals surface area (Å²) in [7, 11) is 0. The number of hydrogen-bond acceptors (Lipinski definition) is 0. The second kappa shape index (κ2) is 4.95. The number of rotatable bonds is 2. The fourth-order valence-electron chi connectivity index (χ4n) is 2.51. The molecule has 1 saturated carbocycles. The lowest BCUT2D eigenvalue weighted by molar-refractivity contribution is 0.489. The molecule has 18 heavy (non-hydrogen) atoms. The summed E-state index contributed by atoms with van der Waals surface area (Å²) in [4.78, 5) is 0. The minimum Gasteiger partial charge on any atom is -0.0843 e. The second-order valence-electron chi connectivity index (χ2n) is 4.67. The Bertz CT molecular complexity index is 477. The molecule has 0 aliphatic heterocycles. The monoisotopic (exact) mass is 275 g/mol. The van der Waals surface area contributed by atoms with Crippen molar-refractivity contribution in [3.8, 4) is 0 Å². The summed E-state index contributed by atoms with van der Waals surface area (Å²) < 4.78 is 0. The average molecular weight is 276 g/mol. The first kappa shape index (κ1) is 12.1. The van der Waals surface area contributed by atoms with Crippen molar-refractivity contribution < 1.29 is 0 Å². The Kier molecular flexibility index (Phi) is 3.32. The van der Waals surface area contributed by atoms with Gasteiger partial charge in [-0.25, -0.2) is 0 Å². The molecule has 1 aliphatic rings. The molecule has 1 fully saturated rings. The zero-order valence-electron chi connectivity index (χ0n) is 9.87. The van der Waals surface area contributed by atoms with E-state index in [2.05, 4.69) is 24.3 Å². The summed E-state index contributed by atoms with van der Waals surface area (Å²) in [6.45, 7) is 0. The van der Waals surface area contributed by atoms with E-state index >= 15 is 0 Å². The maximum atomic E-state index is 5.93. The van der Waals surface area contributed by atoms with E-state index in [0.717, 1.165) is 10.0 Å². The van der Waals surface area contributed by atoms with Crippen molar-refractivity contribution in [3.63, 3.8) is 0 Å². The van der Waals surface area contributed by atoms with Gasteiger partial charge in [0.05, 0.1) is 0 Å². The Balaban J connectivity index is 1.83. The number of hydrogen-bond donors (Lipinski definition) is 0. The molecule has 0 saturated heterocycles. The summed E-state index contributed by atoms with van der Waals surface area (Å²) in [5.74, 6) is 2.05. The fourth-order valence-corrected chi connectivity index (χ4v) is 2.76. The molecule has 1 aliphatic carbocycles. The van der Waals surface area contributed by atoms with Crippen LogP contribution in [0.1, 0.15) is 29.9 Å². The van der Waals surface area contributed by atoms with Gasteiger partial charge in [-0.2, -0.15) is 0 Å². The van der Waals surface area contributed by atoms with Crippen LogP contribution in [0, 0.1) is 5.92 Å². The van der Waals surface area contributed by atoms with E-state index in [0.29, 0.717) is 5.92 Å². The van der Waals surface area contributed by atoms with Gasteiger partial charge in [0.25, 0.3) is 0 Å². The Hall–Kier alpha value is -0.980.